The Bertz CT molecular complexity index is 1620. The lowest BCUT2D eigenvalue weighted by Crippen LogP contribution is -2.33. The van der Waals surface area contributed by atoms with Crippen molar-refractivity contribution in [3.8, 4) is 5.69 Å². The van der Waals surface area contributed by atoms with Crippen LogP contribution >= 0.6 is 23.1 Å². The molecule has 42 heavy (non-hydrogen) atoms. The zero-order valence-electron chi connectivity index (χ0n) is 22.7. The summed E-state index contributed by atoms with van der Waals surface area (Å²) in [4.78, 5) is 17.3. The van der Waals surface area contributed by atoms with E-state index in [0.29, 0.717) is 39.5 Å². The van der Waals surface area contributed by atoms with Crippen molar-refractivity contribution in [2.24, 2.45) is 0 Å². The fourth-order valence-corrected chi connectivity index (χ4v) is 6.14. The first-order valence-corrected chi connectivity index (χ1v) is 15.2. The molecule has 1 unspecified atom stereocenters. The number of aryl methyl sites for hydroxylation is 1. The van der Waals surface area contributed by atoms with Crippen LogP contribution in [0.15, 0.2) is 95.5 Å². The molecular weight excluding hydrogens is 580 g/mol. The van der Waals surface area contributed by atoms with Gasteiger partial charge >= 0.3 is 6.18 Å². The highest BCUT2D eigenvalue weighted by Crippen LogP contribution is 2.33. The minimum absolute atomic E-state index is 0.0220. The number of amides is 1. The molecule has 0 spiro atoms. The zero-order valence-corrected chi connectivity index (χ0v) is 24.3. The van der Waals surface area contributed by atoms with Gasteiger partial charge in [-0.05, 0) is 49.1 Å². The summed E-state index contributed by atoms with van der Waals surface area (Å²) in [5, 5.41) is 14.5. The normalized spacial score (nSPS) is 12.3. The van der Waals surface area contributed by atoms with Crippen molar-refractivity contribution < 1.29 is 18.0 Å². The van der Waals surface area contributed by atoms with Crippen LogP contribution in [0.3, 0.4) is 0 Å². The van der Waals surface area contributed by atoms with E-state index in [4.69, 9.17) is 0 Å². The van der Waals surface area contributed by atoms with Gasteiger partial charge in [0.15, 0.2) is 5.16 Å². The highest BCUT2D eigenvalue weighted by Gasteiger charge is 2.31. The number of carbonyl (C=O) groups is 1. The highest BCUT2D eigenvalue weighted by molar-refractivity contribution is 7.98. The second-order valence-corrected chi connectivity index (χ2v) is 11.6. The van der Waals surface area contributed by atoms with Crippen molar-refractivity contribution in [2.75, 3.05) is 0 Å². The van der Waals surface area contributed by atoms with Gasteiger partial charge in [0, 0.05) is 17.8 Å². The summed E-state index contributed by atoms with van der Waals surface area (Å²) in [5.74, 6) is 0.663. The number of benzene rings is 3. The van der Waals surface area contributed by atoms with E-state index in [1.54, 1.807) is 16.0 Å². The number of thiazole rings is 1. The molecule has 0 saturated heterocycles. The number of carbonyl (C=O) groups excluding carboxylic acids is 1. The molecule has 0 radical (unpaired) electrons. The number of hydrogen-bond acceptors (Lipinski definition) is 6. The third-order valence-corrected chi connectivity index (χ3v) is 8.50. The van der Waals surface area contributed by atoms with Gasteiger partial charge in [0.25, 0.3) is 5.91 Å². The van der Waals surface area contributed by atoms with E-state index in [2.05, 4.69) is 32.6 Å². The average molecular weight is 608 g/mol. The van der Waals surface area contributed by atoms with Gasteiger partial charge in [0.05, 0.1) is 17.0 Å². The van der Waals surface area contributed by atoms with Gasteiger partial charge in [-0.3, -0.25) is 9.36 Å². The van der Waals surface area contributed by atoms with Crippen LogP contribution in [0.25, 0.3) is 5.69 Å². The van der Waals surface area contributed by atoms with Gasteiger partial charge in [0.1, 0.15) is 16.5 Å². The molecule has 5 rings (SSSR count). The Balaban J connectivity index is 1.28. The fraction of sp³-hybridized carbons (Fsp3) is 0.226. The van der Waals surface area contributed by atoms with E-state index < -0.39 is 11.7 Å². The van der Waals surface area contributed by atoms with Gasteiger partial charge in [-0.15, -0.1) is 21.5 Å². The minimum atomic E-state index is -4.48. The first kappa shape index (κ1) is 29.5. The number of nitrogens with zero attached hydrogens (tertiary/aromatic N) is 4. The van der Waals surface area contributed by atoms with Crippen molar-refractivity contribution in [3.05, 3.63) is 124 Å². The van der Waals surface area contributed by atoms with Crippen molar-refractivity contribution in [1.29, 1.82) is 0 Å². The van der Waals surface area contributed by atoms with Crippen molar-refractivity contribution in [2.45, 2.75) is 49.3 Å². The van der Waals surface area contributed by atoms with Crippen LogP contribution in [-0.2, 0) is 24.8 Å². The number of hydrogen-bond donors (Lipinski definition) is 1. The first-order chi connectivity index (χ1) is 20.3. The topological polar surface area (TPSA) is 72.7 Å². The summed E-state index contributed by atoms with van der Waals surface area (Å²) >= 11 is 2.66. The van der Waals surface area contributed by atoms with Gasteiger partial charge in [0.2, 0.25) is 0 Å². The number of nitrogens with one attached hydrogen (secondary N) is 1. The molecule has 6 nitrogen and oxygen atoms in total. The standard InChI is InChI=1S/C31H28F3N5OS2/c1-21(15-16-22-9-4-2-5-10-22)35-29(40)26-19-41-28(36-26)20-42-30-38-37-27(17-23-11-6-3-7-12-23)39(30)25-14-8-13-24(18-25)31(32,33)34/h2-14,18-19,21H,15-17,20H2,1H3,(H,35,40). The number of aromatic nitrogens is 4. The van der Waals surface area contributed by atoms with Gasteiger partial charge in [-0.25, -0.2) is 4.98 Å². The predicted molar refractivity (Wildman–Crippen MR) is 159 cm³/mol. The van der Waals surface area contributed by atoms with Crippen LogP contribution < -0.4 is 5.32 Å². The van der Waals surface area contributed by atoms with Crippen LogP contribution in [0.4, 0.5) is 13.2 Å². The lowest BCUT2D eigenvalue weighted by Gasteiger charge is -2.13. The van der Waals surface area contributed by atoms with E-state index in [0.717, 1.165) is 30.5 Å². The van der Waals surface area contributed by atoms with Gasteiger partial charge < -0.3 is 5.32 Å². The Hall–Kier alpha value is -3.96. The molecule has 0 bridgehead atoms. The summed E-state index contributed by atoms with van der Waals surface area (Å²) < 4.78 is 42.2. The highest BCUT2D eigenvalue weighted by atomic mass is 32.2. The van der Waals surface area contributed by atoms with Crippen LogP contribution in [-0.4, -0.2) is 31.7 Å². The molecule has 11 heteroatoms. The number of rotatable bonds is 11. The molecule has 0 aliphatic carbocycles. The number of halogens is 3. The second kappa shape index (κ2) is 13.3. The molecule has 2 aromatic heterocycles. The maximum absolute atomic E-state index is 13.5. The quantitative estimate of drug-likeness (QED) is 0.159. The van der Waals surface area contributed by atoms with Gasteiger partial charge in [-0.1, -0.05) is 78.5 Å². The third-order valence-electron chi connectivity index (χ3n) is 6.53. The molecule has 0 aliphatic rings. The van der Waals surface area contributed by atoms with E-state index in [9.17, 15) is 18.0 Å². The monoisotopic (exact) mass is 607 g/mol. The molecule has 5 aromatic rings. The second-order valence-electron chi connectivity index (χ2n) is 9.76. The van der Waals surface area contributed by atoms with E-state index >= 15 is 0 Å². The predicted octanol–water partition coefficient (Wildman–Crippen LogP) is 7.38. The molecule has 216 valence electrons. The van der Waals surface area contributed by atoms with Crippen LogP contribution in [0.5, 0.6) is 0 Å². The molecule has 1 amide bonds. The lowest BCUT2D eigenvalue weighted by molar-refractivity contribution is -0.137. The molecule has 0 saturated carbocycles. The fourth-order valence-electron chi connectivity index (χ4n) is 4.37. The summed E-state index contributed by atoms with van der Waals surface area (Å²) in [7, 11) is 0. The molecular formula is C31H28F3N5OS2. The Kier molecular flexibility index (Phi) is 9.38. The van der Waals surface area contributed by atoms with Crippen molar-refractivity contribution in [1.82, 2.24) is 25.1 Å². The average Bonchev–Trinajstić information content (AvgIpc) is 3.63. The van der Waals surface area contributed by atoms with Crippen LogP contribution in [0, 0.1) is 0 Å². The Morgan fingerprint density at radius 2 is 1.69 bits per heavy atom. The molecule has 2 heterocycles. The molecule has 0 aliphatic heterocycles. The summed E-state index contributed by atoms with van der Waals surface area (Å²) in [6.07, 6.45) is -2.42. The number of thioether (sulfide) groups is 1. The summed E-state index contributed by atoms with van der Waals surface area (Å²) in [5.41, 5.74) is 2.10. The molecule has 1 N–H and O–H groups in total. The minimum Gasteiger partial charge on any atom is -0.348 e. The summed E-state index contributed by atoms with van der Waals surface area (Å²) in [6.45, 7) is 1.97. The van der Waals surface area contributed by atoms with Crippen molar-refractivity contribution >= 4 is 29.0 Å². The maximum atomic E-state index is 13.5. The Morgan fingerprint density at radius 3 is 2.40 bits per heavy atom. The van der Waals surface area contributed by atoms with E-state index in [1.807, 2.05) is 55.5 Å². The zero-order chi connectivity index (χ0) is 29.5. The molecule has 0 fully saturated rings. The Labute approximate surface area is 250 Å². The maximum Gasteiger partial charge on any atom is 0.416 e. The third kappa shape index (κ3) is 7.65. The smallest absolute Gasteiger partial charge is 0.348 e. The largest absolute Gasteiger partial charge is 0.416 e. The van der Waals surface area contributed by atoms with Gasteiger partial charge in [-0.2, -0.15) is 13.2 Å². The molecule has 3 aromatic carbocycles. The molecule has 1 atom stereocenters. The van der Waals surface area contributed by atoms with Crippen LogP contribution in [0.2, 0.25) is 0 Å². The van der Waals surface area contributed by atoms with Crippen molar-refractivity contribution in [3.63, 3.8) is 0 Å². The summed E-state index contributed by atoms with van der Waals surface area (Å²) in [6, 6.07) is 24.8. The van der Waals surface area contributed by atoms with Crippen LogP contribution in [0.1, 0.15) is 51.4 Å². The van der Waals surface area contributed by atoms with E-state index in [-0.39, 0.29) is 11.9 Å². The lowest BCUT2D eigenvalue weighted by atomic mass is 10.1. The first-order valence-electron chi connectivity index (χ1n) is 13.3. The SMILES string of the molecule is CC(CCc1ccccc1)NC(=O)c1csc(CSc2nnc(Cc3ccccc3)n2-c2cccc(C(F)(F)F)c2)n1. The number of alkyl halides is 3. The van der Waals surface area contributed by atoms with E-state index in [1.165, 1.54) is 34.7 Å². The Morgan fingerprint density at radius 1 is 0.976 bits per heavy atom.